The van der Waals surface area contributed by atoms with E-state index in [0.29, 0.717) is 38.8 Å². The van der Waals surface area contributed by atoms with Crippen LogP contribution in [0.4, 0.5) is 13.2 Å². The molecule has 9 heteroatoms. The van der Waals surface area contributed by atoms with E-state index < -0.39 is 12.8 Å². The minimum absolute atomic E-state index is 0.176. The summed E-state index contributed by atoms with van der Waals surface area (Å²) in [5.41, 5.74) is 0.864. The zero-order valence-corrected chi connectivity index (χ0v) is 16.3. The van der Waals surface area contributed by atoms with Crippen LogP contribution in [-0.4, -0.2) is 38.4 Å². The van der Waals surface area contributed by atoms with Crippen LogP contribution in [0.2, 0.25) is 0 Å². The van der Waals surface area contributed by atoms with E-state index in [1.54, 1.807) is 18.4 Å². The molecule has 29 heavy (non-hydrogen) atoms. The number of halogens is 3. The van der Waals surface area contributed by atoms with Gasteiger partial charge in [0.05, 0.1) is 12.8 Å². The van der Waals surface area contributed by atoms with Gasteiger partial charge in [-0.05, 0) is 43.2 Å². The second kappa shape index (κ2) is 12.0. The second-order valence-electron chi connectivity index (χ2n) is 6.16. The zero-order valence-electron chi connectivity index (χ0n) is 16.3. The Bertz CT molecular complexity index is 717. The first kappa shape index (κ1) is 22.6. The standard InChI is InChI=1S/C20H26F3N3O3/c1-2-24-19(25-10-4-11-27-14-18-5-3-12-28-18)26-13-16-6-8-17(9-7-16)29-15-20(21,22)23/h3,5-9,12H,2,4,10-11,13-15H2,1H3,(H2,24,25,26). The molecule has 0 fully saturated rings. The number of guanidine groups is 1. The summed E-state index contributed by atoms with van der Waals surface area (Å²) in [5.74, 6) is 1.63. The minimum Gasteiger partial charge on any atom is -0.484 e. The lowest BCUT2D eigenvalue weighted by molar-refractivity contribution is -0.153. The van der Waals surface area contributed by atoms with Crippen molar-refractivity contribution < 1.29 is 27.1 Å². The predicted molar refractivity (Wildman–Crippen MR) is 104 cm³/mol. The van der Waals surface area contributed by atoms with Gasteiger partial charge in [0.25, 0.3) is 0 Å². The molecule has 6 nitrogen and oxygen atoms in total. The molecule has 1 heterocycles. The lowest BCUT2D eigenvalue weighted by atomic mass is 10.2. The molecule has 0 radical (unpaired) electrons. The minimum atomic E-state index is -4.35. The normalized spacial score (nSPS) is 12.1. The van der Waals surface area contributed by atoms with Gasteiger partial charge in [-0.25, -0.2) is 4.99 Å². The molecule has 2 rings (SSSR count). The van der Waals surface area contributed by atoms with Crippen molar-refractivity contribution in [2.45, 2.75) is 32.7 Å². The van der Waals surface area contributed by atoms with Crippen molar-refractivity contribution in [1.29, 1.82) is 0 Å². The van der Waals surface area contributed by atoms with E-state index in [4.69, 9.17) is 13.9 Å². The first-order valence-corrected chi connectivity index (χ1v) is 9.37. The number of nitrogens with one attached hydrogen (secondary N) is 2. The van der Waals surface area contributed by atoms with Gasteiger partial charge < -0.3 is 24.5 Å². The fraction of sp³-hybridized carbons (Fsp3) is 0.450. The van der Waals surface area contributed by atoms with Crippen LogP contribution >= 0.6 is 0 Å². The average molecular weight is 413 g/mol. The summed E-state index contributed by atoms with van der Waals surface area (Å²) in [7, 11) is 0. The van der Waals surface area contributed by atoms with Crippen LogP contribution in [-0.2, 0) is 17.9 Å². The summed E-state index contributed by atoms with van der Waals surface area (Å²) >= 11 is 0. The van der Waals surface area contributed by atoms with Crippen molar-refractivity contribution in [3.63, 3.8) is 0 Å². The second-order valence-corrected chi connectivity index (χ2v) is 6.16. The van der Waals surface area contributed by atoms with E-state index in [-0.39, 0.29) is 5.75 Å². The van der Waals surface area contributed by atoms with Gasteiger partial charge in [0, 0.05) is 19.7 Å². The Balaban J connectivity index is 1.70. The number of hydrogen-bond donors (Lipinski definition) is 2. The number of ether oxygens (including phenoxy) is 2. The Kier molecular flexibility index (Phi) is 9.36. The Morgan fingerprint density at radius 1 is 1.14 bits per heavy atom. The molecule has 0 atom stereocenters. The fourth-order valence-electron chi connectivity index (χ4n) is 2.32. The molecule has 0 aliphatic rings. The predicted octanol–water partition coefficient (Wildman–Crippen LogP) is 3.88. The van der Waals surface area contributed by atoms with Crippen molar-refractivity contribution in [3.05, 3.63) is 54.0 Å². The molecule has 0 aliphatic carbocycles. The maximum absolute atomic E-state index is 12.2. The third-order valence-electron chi connectivity index (χ3n) is 3.67. The van der Waals surface area contributed by atoms with E-state index in [1.807, 2.05) is 19.1 Å². The summed E-state index contributed by atoms with van der Waals surface area (Å²) in [6, 6.07) is 10.1. The first-order chi connectivity index (χ1) is 14.0. The van der Waals surface area contributed by atoms with Crippen molar-refractivity contribution in [2.24, 2.45) is 4.99 Å². The molecule has 2 aromatic rings. The Morgan fingerprint density at radius 3 is 2.59 bits per heavy atom. The van der Waals surface area contributed by atoms with E-state index in [1.165, 1.54) is 12.1 Å². The van der Waals surface area contributed by atoms with Crippen LogP contribution in [0.1, 0.15) is 24.7 Å². The highest BCUT2D eigenvalue weighted by Gasteiger charge is 2.28. The molecule has 1 aromatic carbocycles. The molecule has 160 valence electrons. The molecule has 0 bridgehead atoms. The van der Waals surface area contributed by atoms with Crippen LogP contribution in [0.3, 0.4) is 0 Å². The highest BCUT2D eigenvalue weighted by molar-refractivity contribution is 5.79. The van der Waals surface area contributed by atoms with E-state index in [0.717, 1.165) is 17.7 Å². The number of furan rings is 1. The van der Waals surface area contributed by atoms with Gasteiger partial charge in [0.2, 0.25) is 0 Å². The van der Waals surface area contributed by atoms with Gasteiger partial charge in [-0.15, -0.1) is 0 Å². The van der Waals surface area contributed by atoms with Gasteiger partial charge in [0.1, 0.15) is 18.1 Å². The van der Waals surface area contributed by atoms with Gasteiger partial charge in [-0.2, -0.15) is 13.2 Å². The van der Waals surface area contributed by atoms with Crippen LogP contribution in [0.15, 0.2) is 52.1 Å². The third kappa shape index (κ3) is 9.89. The molecule has 0 saturated carbocycles. The summed E-state index contributed by atoms with van der Waals surface area (Å²) in [6.45, 7) is 3.50. The lowest BCUT2D eigenvalue weighted by Gasteiger charge is -2.12. The summed E-state index contributed by atoms with van der Waals surface area (Å²) < 4.78 is 51.9. The Morgan fingerprint density at radius 2 is 1.93 bits per heavy atom. The molecule has 2 N–H and O–H groups in total. The topological polar surface area (TPSA) is 68.0 Å². The van der Waals surface area contributed by atoms with Crippen molar-refractivity contribution in [1.82, 2.24) is 10.6 Å². The smallest absolute Gasteiger partial charge is 0.422 e. The fourth-order valence-corrected chi connectivity index (χ4v) is 2.32. The average Bonchev–Trinajstić information content (AvgIpc) is 3.21. The van der Waals surface area contributed by atoms with Crippen LogP contribution in [0.5, 0.6) is 5.75 Å². The quantitative estimate of drug-likeness (QED) is 0.332. The van der Waals surface area contributed by atoms with Crippen molar-refractivity contribution in [3.8, 4) is 5.75 Å². The van der Waals surface area contributed by atoms with Gasteiger partial charge in [0.15, 0.2) is 12.6 Å². The highest BCUT2D eigenvalue weighted by Crippen LogP contribution is 2.19. The number of rotatable bonds is 11. The van der Waals surface area contributed by atoms with E-state index in [2.05, 4.69) is 15.6 Å². The maximum Gasteiger partial charge on any atom is 0.422 e. The molecule has 0 amide bonds. The molecule has 1 aromatic heterocycles. The van der Waals surface area contributed by atoms with Crippen molar-refractivity contribution in [2.75, 3.05) is 26.3 Å². The summed E-state index contributed by atoms with van der Waals surface area (Å²) in [4.78, 5) is 4.47. The lowest BCUT2D eigenvalue weighted by Crippen LogP contribution is -2.38. The molecule has 0 spiro atoms. The number of alkyl halides is 3. The molecule has 0 aliphatic heterocycles. The highest BCUT2D eigenvalue weighted by atomic mass is 19.4. The largest absolute Gasteiger partial charge is 0.484 e. The Labute approximate surface area is 168 Å². The number of hydrogen-bond acceptors (Lipinski definition) is 4. The molecule has 0 saturated heterocycles. The van der Waals surface area contributed by atoms with Crippen LogP contribution in [0.25, 0.3) is 0 Å². The summed E-state index contributed by atoms with van der Waals surface area (Å²) in [5, 5.41) is 6.37. The molecule has 0 unspecified atom stereocenters. The number of aliphatic imine (C=N–C) groups is 1. The molecular weight excluding hydrogens is 387 g/mol. The summed E-state index contributed by atoms with van der Waals surface area (Å²) in [6.07, 6.45) is -1.93. The number of benzene rings is 1. The van der Waals surface area contributed by atoms with Crippen LogP contribution in [0, 0.1) is 0 Å². The monoisotopic (exact) mass is 413 g/mol. The third-order valence-corrected chi connectivity index (χ3v) is 3.67. The van der Waals surface area contributed by atoms with Crippen LogP contribution < -0.4 is 15.4 Å². The Hall–Kier alpha value is -2.68. The van der Waals surface area contributed by atoms with Crippen molar-refractivity contribution >= 4 is 5.96 Å². The SMILES string of the molecule is CCNC(=NCc1ccc(OCC(F)(F)F)cc1)NCCCOCc1ccco1. The van der Waals surface area contributed by atoms with Gasteiger partial charge in [-0.3, -0.25) is 0 Å². The molecular formula is C20H26F3N3O3. The first-order valence-electron chi connectivity index (χ1n) is 9.37. The maximum atomic E-state index is 12.2. The van der Waals surface area contributed by atoms with Gasteiger partial charge in [-0.1, -0.05) is 12.1 Å². The van der Waals surface area contributed by atoms with E-state index >= 15 is 0 Å². The number of nitrogens with zero attached hydrogens (tertiary/aromatic N) is 1. The van der Waals surface area contributed by atoms with E-state index in [9.17, 15) is 13.2 Å². The van der Waals surface area contributed by atoms with Gasteiger partial charge >= 0.3 is 6.18 Å². The zero-order chi connectivity index (χ0) is 21.0.